The van der Waals surface area contributed by atoms with Gasteiger partial charge in [0.25, 0.3) is 11.5 Å². The Morgan fingerprint density at radius 2 is 1.75 bits per heavy atom. The van der Waals surface area contributed by atoms with Gasteiger partial charge in [0.1, 0.15) is 17.8 Å². The molecule has 5 aromatic rings. The van der Waals surface area contributed by atoms with Crippen LogP contribution in [0.4, 0.5) is 18.9 Å². The van der Waals surface area contributed by atoms with Gasteiger partial charge in [-0.05, 0) is 48.7 Å². The molecule has 6 rings (SSSR count). The Kier molecular flexibility index (Phi) is 11.1. The van der Waals surface area contributed by atoms with Gasteiger partial charge >= 0.3 is 6.18 Å². The average molecular weight is 763 g/mol. The number of aromatic nitrogens is 4. The number of halogens is 4. The van der Waals surface area contributed by atoms with Gasteiger partial charge in [0, 0.05) is 25.1 Å². The molecule has 0 unspecified atom stereocenters. The lowest BCUT2D eigenvalue weighted by atomic mass is 10.1. The van der Waals surface area contributed by atoms with Gasteiger partial charge in [-0.2, -0.15) is 18.3 Å². The number of hydrogen-bond acceptors (Lipinski definition) is 3. The van der Waals surface area contributed by atoms with Gasteiger partial charge in [-0.15, -0.1) is 0 Å². The largest absolute Gasteiger partial charge is 1.00 e. The van der Waals surface area contributed by atoms with Crippen LogP contribution in [0.2, 0.25) is 0 Å². The Morgan fingerprint density at radius 1 is 1.02 bits per heavy atom. The van der Waals surface area contributed by atoms with E-state index in [1.165, 1.54) is 22.4 Å². The third kappa shape index (κ3) is 8.02. The first-order chi connectivity index (χ1) is 23.9. The second kappa shape index (κ2) is 15.1. The van der Waals surface area contributed by atoms with Crippen molar-refractivity contribution in [3.63, 3.8) is 0 Å². The monoisotopic (exact) mass is 761 g/mol. The van der Waals surface area contributed by atoms with Crippen LogP contribution < -0.4 is 27.9 Å². The highest BCUT2D eigenvalue weighted by atomic mass is 79.9. The van der Waals surface area contributed by atoms with E-state index in [9.17, 15) is 22.8 Å². The fourth-order valence-corrected chi connectivity index (χ4v) is 6.84. The van der Waals surface area contributed by atoms with Crippen molar-refractivity contribution in [2.75, 3.05) is 20.6 Å². The van der Waals surface area contributed by atoms with Crippen LogP contribution in [0.25, 0.3) is 27.6 Å². The van der Waals surface area contributed by atoms with Crippen LogP contribution in [0.15, 0.2) is 89.9 Å². The third-order valence-corrected chi connectivity index (χ3v) is 9.35. The summed E-state index contributed by atoms with van der Waals surface area (Å²) >= 11 is 0. The number of likely N-dealkylation sites (N-methyl/N-ethyl adjacent to an activating group) is 1. The lowest BCUT2D eigenvalue weighted by molar-refractivity contribution is -0.903. The number of benzene rings is 3. The summed E-state index contributed by atoms with van der Waals surface area (Å²) in [6.07, 6.45) is 1.000. The first kappa shape index (κ1) is 37.3. The molecule has 0 bridgehead atoms. The first-order valence-electron chi connectivity index (χ1n) is 16.6. The summed E-state index contributed by atoms with van der Waals surface area (Å²) in [5, 5.41) is 7.62. The Bertz CT molecular complexity index is 2120. The summed E-state index contributed by atoms with van der Waals surface area (Å²) in [7, 11) is 5.84. The standard InChI is InChI=1S/C38H38F3N7O2.BrH/c1-42-30-17-18-32(27(23-30)20-22-48(3,4)25-26-11-6-5-7-12-26)46-33(19-21-43-46)35-34(36(49)44-29-14-8-9-15-29)37(50)47(45(35)2)31-16-10-13-28(24-31)38(39,40)41;/h5-7,10-13,16-19,21,23-24,29H,8-9,14-15,20,22,25H2,2-4H3;1H. The van der Waals surface area contributed by atoms with Crippen LogP contribution in [0.3, 0.4) is 0 Å². The average Bonchev–Trinajstić information content (AvgIpc) is 3.83. The SMILES string of the molecule is [Br-].[C-]#[N+]c1ccc(-n2nccc2-c2c(C(=O)NC3CCCC3)c(=O)n(-c3cccc(C(F)(F)F)c3)n2C)c(CC[N+](C)(C)Cc2ccccc2)c1. The lowest BCUT2D eigenvalue weighted by Crippen LogP contribution is -3.00. The van der Waals surface area contributed by atoms with Crippen molar-refractivity contribution >= 4 is 11.6 Å². The van der Waals surface area contributed by atoms with Gasteiger partial charge in [-0.1, -0.05) is 61.4 Å². The van der Waals surface area contributed by atoms with Crippen LogP contribution >= 0.6 is 0 Å². The number of hydrogen-bond donors (Lipinski definition) is 1. The van der Waals surface area contributed by atoms with Gasteiger partial charge in [-0.25, -0.2) is 14.2 Å². The molecule has 9 nitrogen and oxygen atoms in total. The smallest absolute Gasteiger partial charge is 0.416 e. The molecule has 1 fully saturated rings. The van der Waals surface area contributed by atoms with E-state index < -0.39 is 23.2 Å². The van der Waals surface area contributed by atoms with E-state index in [2.05, 4.69) is 41.5 Å². The molecule has 1 saturated carbocycles. The fraction of sp³-hybridized carbons (Fsp3) is 0.316. The van der Waals surface area contributed by atoms with Crippen molar-refractivity contribution in [3.8, 4) is 22.8 Å². The van der Waals surface area contributed by atoms with Crippen LogP contribution in [-0.4, -0.2) is 56.2 Å². The predicted octanol–water partition coefficient (Wildman–Crippen LogP) is 4.09. The number of rotatable bonds is 10. The van der Waals surface area contributed by atoms with Crippen molar-refractivity contribution in [3.05, 3.63) is 129 Å². The number of nitrogens with zero attached hydrogens (tertiary/aromatic N) is 6. The Morgan fingerprint density at radius 3 is 2.43 bits per heavy atom. The molecule has 2 aromatic heterocycles. The van der Waals surface area contributed by atoms with Crippen molar-refractivity contribution in [1.29, 1.82) is 0 Å². The first-order valence-corrected chi connectivity index (χ1v) is 16.6. The molecular weight excluding hydrogens is 723 g/mol. The molecule has 51 heavy (non-hydrogen) atoms. The Labute approximate surface area is 305 Å². The minimum absolute atomic E-state index is 0. The summed E-state index contributed by atoms with van der Waals surface area (Å²) in [5.41, 5.74) is 1.93. The van der Waals surface area contributed by atoms with Gasteiger partial charge < -0.3 is 26.8 Å². The highest BCUT2D eigenvalue weighted by Gasteiger charge is 2.33. The quantitative estimate of drug-likeness (QED) is 0.172. The molecule has 1 aliphatic carbocycles. The van der Waals surface area contributed by atoms with E-state index in [0.29, 0.717) is 28.0 Å². The van der Waals surface area contributed by atoms with Gasteiger partial charge in [0.15, 0.2) is 5.69 Å². The van der Waals surface area contributed by atoms with Gasteiger partial charge in [0.2, 0.25) is 0 Å². The zero-order chi connectivity index (χ0) is 35.6. The topological polar surface area (TPSA) is 78.2 Å². The van der Waals surface area contributed by atoms with Crippen molar-refractivity contribution in [2.45, 2.75) is 50.9 Å². The molecule has 1 N–H and O–H groups in total. The van der Waals surface area contributed by atoms with E-state index in [-0.39, 0.29) is 40.0 Å². The molecule has 266 valence electrons. The zero-order valence-corrected chi connectivity index (χ0v) is 30.2. The molecule has 0 aliphatic heterocycles. The van der Waals surface area contributed by atoms with Gasteiger partial charge in [0.05, 0.1) is 56.0 Å². The maximum Gasteiger partial charge on any atom is 0.416 e. The molecular formula is C38H39BrF3N7O2. The summed E-state index contributed by atoms with van der Waals surface area (Å²) in [6, 6.07) is 21.6. The normalized spacial score (nSPS) is 13.5. The number of carbonyl (C=O) groups excluding carboxylic acids is 1. The fourth-order valence-electron chi connectivity index (χ4n) is 6.84. The van der Waals surface area contributed by atoms with E-state index in [1.807, 2.05) is 24.3 Å². The number of carbonyl (C=O) groups is 1. The Balaban J connectivity index is 0.00000504. The Hall–Kier alpha value is -4.93. The van der Waals surface area contributed by atoms with Crippen molar-refractivity contribution in [2.24, 2.45) is 7.05 Å². The summed E-state index contributed by atoms with van der Waals surface area (Å²) in [6.45, 7) is 9.20. The molecule has 13 heteroatoms. The molecule has 0 saturated heterocycles. The van der Waals surface area contributed by atoms with Crippen LogP contribution in [-0.2, 0) is 26.2 Å². The summed E-state index contributed by atoms with van der Waals surface area (Å²) in [5.74, 6) is -0.588. The zero-order valence-electron chi connectivity index (χ0n) is 28.6. The predicted molar refractivity (Wildman–Crippen MR) is 185 cm³/mol. The van der Waals surface area contributed by atoms with E-state index in [0.717, 1.165) is 61.2 Å². The van der Waals surface area contributed by atoms with Gasteiger partial charge in [-0.3, -0.25) is 14.3 Å². The van der Waals surface area contributed by atoms with Crippen LogP contribution in [0, 0.1) is 6.57 Å². The van der Waals surface area contributed by atoms with Crippen molar-refractivity contribution < 1.29 is 39.4 Å². The number of alkyl halides is 3. The van der Waals surface area contributed by atoms with Crippen LogP contribution in [0.5, 0.6) is 0 Å². The van der Waals surface area contributed by atoms with E-state index >= 15 is 0 Å². The molecule has 1 amide bonds. The second-order valence-electron chi connectivity index (χ2n) is 13.5. The maximum absolute atomic E-state index is 14.2. The number of quaternary nitrogens is 1. The molecule has 0 radical (unpaired) electrons. The highest BCUT2D eigenvalue weighted by molar-refractivity contribution is 6.00. The molecule has 1 aliphatic rings. The molecule has 0 spiro atoms. The van der Waals surface area contributed by atoms with E-state index in [4.69, 9.17) is 6.57 Å². The van der Waals surface area contributed by atoms with E-state index in [1.54, 1.807) is 36.1 Å². The number of amides is 1. The van der Waals surface area contributed by atoms with Crippen molar-refractivity contribution in [1.82, 2.24) is 24.5 Å². The van der Waals surface area contributed by atoms with Crippen LogP contribution in [0.1, 0.15) is 52.7 Å². The lowest BCUT2D eigenvalue weighted by Gasteiger charge is -2.30. The summed E-state index contributed by atoms with van der Waals surface area (Å²) in [4.78, 5) is 31.8. The second-order valence-corrected chi connectivity index (χ2v) is 13.5. The minimum atomic E-state index is -4.63. The minimum Gasteiger partial charge on any atom is -1.00 e. The number of nitrogens with one attached hydrogen (secondary N) is 1. The highest BCUT2D eigenvalue weighted by Crippen LogP contribution is 2.33. The maximum atomic E-state index is 14.2. The summed E-state index contributed by atoms with van der Waals surface area (Å²) < 4.78 is 46.0. The molecule has 0 atom stereocenters. The third-order valence-electron chi connectivity index (χ3n) is 9.35. The molecule has 3 aromatic carbocycles. The molecule has 2 heterocycles.